The second-order valence-electron chi connectivity index (χ2n) is 4.58. The molecule has 0 atom stereocenters. The third kappa shape index (κ3) is 2.37. The number of rotatable bonds is 4. The largest absolute Gasteiger partial charge is 0.310 e. The van der Waals surface area contributed by atoms with Crippen molar-refractivity contribution < 1.29 is 14.8 Å². The molecule has 3 rings (SSSR count). The summed E-state index contributed by atoms with van der Waals surface area (Å²) in [5.74, 6) is 0. The molecule has 0 aliphatic rings. The van der Waals surface area contributed by atoms with Crippen LogP contribution < -0.4 is 0 Å². The lowest BCUT2D eigenvalue weighted by molar-refractivity contribution is -0.402. The zero-order chi connectivity index (χ0) is 17.4. The second kappa shape index (κ2) is 5.35. The number of benzene rings is 2. The Balaban J connectivity index is 2.38. The van der Waals surface area contributed by atoms with Gasteiger partial charge in [0, 0.05) is 0 Å². The number of nitrogens with zero attached hydrogens (tertiary/aromatic N) is 6. The SMILES string of the molecule is O=[N+]([O-])c1cc([N+](=O)[O-])c(-n2nc3ccccc3n2)c([N+](=O)[O-])c1. The van der Waals surface area contributed by atoms with Crippen molar-refractivity contribution in [3.8, 4) is 5.69 Å². The average Bonchev–Trinajstić information content (AvgIpc) is 2.96. The van der Waals surface area contributed by atoms with Crippen LogP contribution >= 0.6 is 0 Å². The fourth-order valence-corrected chi connectivity index (χ4v) is 2.14. The fraction of sp³-hybridized carbons (Fsp3) is 0. The van der Waals surface area contributed by atoms with E-state index >= 15 is 0 Å². The van der Waals surface area contributed by atoms with Crippen molar-refractivity contribution in [1.82, 2.24) is 15.0 Å². The molecule has 0 aliphatic carbocycles. The summed E-state index contributed by atoms with van der Waals surface area (Å²) < 4.78 is 0. The molecule has 1 heterocycles. The van der Waals surface area contributed by atoms with Gasteiger partial charge in [-0.3, -0.25) is 30.3 Å². The smallest absolute Gasteiger partial charge is 0.258 e. The number of hydrogen-bond acceptors (Lipinski definition) is 8. The molecule has 2 aromatic carbocycles. The van der Waals surface area contributed by atoms with Crippen LogP contribution in [0.3, 0.4) is 0 Å². The first-order valence-corrected chi connectivity index (χ1v) is 6.32. The Bertz CT molecular complexity index is 944. The second-order valence-corrected chi connectivity index (χ2v) is 4.58. The number of non-ortho nitro benzene ring substituents is 1. The number of hydrogen-bond donors (Lipinski definition) is 0. The lowest BCUT2D eigenvalue weighted by Crippen LogP contribution is -2.08. The van der Waals surface area contributed by atoms with Crippen molar-refractivity contribution >= 4 is 28.1 Å². The van der Waals surface area contributed by atoms with E-state index in [0.29, 0.717) is 23.2 Å². The van der Waals surface area contributed by atoms with E-state index in [1.54, 1.807) is 24.3 Å². The lowest BCUT2D eigenvalue weighted by Gasteiger charge is -2.03. The summed E-state index contributed by atoms with van der Waals surface area (Å²) in [6.45, 7) is 0. The predicted octanol–water partition coefficient (Wildman–Crippen LogP) is 2.15. The molecular weight excluding hydrogens is 324 g/mol. The van der Waals surface area contributed by atoms with Gasteiger partial charge in [-0.2, -0.15) is 0 Å². The Kier molecular flexibility index (Phi) is 3.33. The first-order valence-electron chi connectivity index (χ1n) is 6.32. The lowest BCUT2D eigenvalue weighted by atomic mass is 10.2. The molecule has 0 aliphatic heterocycles. The molecule has 12 nitrogen and oxygen atoms in total. The standard InChI is InChI=1S/C12H6N6O6/c19-16(20)7-5-10(17(21)22)12(11(6-7)18(23)24)15-13-8-3-1-2-4-9(8)14-15/h1-6H. The van der Waals surface area contributed by atoms with Gasteiger partial charge in [0.25, 0.3) is 5.69 Å². The van der Waals surface area contributed by atoms with E-state index in [0.717, 1.165) is 4.80 Å². The summed E-state index contributed by atoms with van der Waals surface area (Å²) in [6, 6.07) is 7.72. The summed E-state index contributed by atoms with van der Waals surface area (Å²) in [7, 11) is 0. The van der Waals surface area contributed by atoms with Crippen LogP contribution in [0.15, 0.2) is 36.4 Å². The molecule has 0 fully saturated rings. The maximum atomic E-state index is 11.3. The third-order valence-corrected chi connectivity index (χ3v) is 3.15. The number of nitro groups is 3. The van der Waals surface area contributed by atoms with Gasteiger partial charge in [-0.1, -0.05) is 12.1 Å². The average molecular weight is 330 g/mol. The molecule has 0 N–H and O–H groups in total. The highest BCUT2D eigenvalue weighted by Gasteiger charge is 2.33. The predicted molar refractivity (Wildman–Crippen MR) is 78.8 cm³/mol. The van der Waals surface area contributed by atoms with Crippen molar-refractivity contribution in [1.29, 1.82) is 0 Å². The molecule has 0 saturated heterocycles. The normalized spacial score (nSPS) is 10.7. The minimum atomic E-state index is -0.955. The van der Waals surface area contributed by atoms with Crippen molar-refractivity contribution in [2.45, 2.75) is 0 Å². The molecule has 0 radical (unpaired) electrons. The highest BCUT2D eigenvalue weighted by Crippen LogP contribution is 2.36. The van der Waals surface area contributed by atoms with E-state index in [4.69, 9.17) is 0 Å². The van der Waals surface area contributed by atoms with Gasteiger partial charge in [-0.25, -0.2) is 0 Å². The molecule has 0 spiro atoms. The van der Waals surface area contributed by atoms with Gasteiger partial charge in [0.2, 0.25) is 5.69 Å². The monoisotopic (exact) mass is 330 g/mol. The van der Waals surface area contributed by atoms with Crippen molar-refractivity contribution in [3.63, 3.8) is 0 Å². The van der Waals surface area contributed by atoms with Crippen molar-refractivity contribution in [3.05, 3.63) is 66.7 Å². The minimum Gasteiger partial charge on any atom is -0.258 e. The molecular formula is C12H6N6O6. The maximum absolute atomic E-state index is 11.3. The van der Waals surface area contributed by atoms with Gasteiger partial charge < -0.3 is 0 Å². The summed E-state index contributed by atoms with van der Waals surface area (Å²) >= 11 is 0. The van der Waals surface area contributed by atoms with Gasteiger partial charge in [-0.05, 0) is 12.1 Å². The molecule has 1 aromatic heterocycles. The van der Waals surface area contributed by atoms with Gasteiger partial charge >= 0.3 is 11.4 Å². The Hall–Kier alpha value is -3.96. The highest BCUT2D eigenvalue weighted by atomic mass is 16.6. The van der Waals surface area contributed by atoms with E-state index in [-0.39, 0.29) is 0 Å². The molecule has 0 amide bonds. The first kappa shape index (κ1) is 15.0. The van der Waals surface area contributed by atoms with E-state index < -0.39 is 37.5 Å². The zero-order valence-corrected chi connectivity index (χ0v) is 11.6. The van der Waals surface area contributed by atoms with Gasteiger partial charge in [0.15, 0.2) is 0 Å². The van der Waals surface area contributed by atoms with Gasteiger partial charge in [0.1, 0.15) is 11.0 Å². The Morgan fingerprint density at radius 1 is 0.792 bits per heavy atom. The van der Waals surface area contributed by atoms with E-state index in [1.807, 2.05) is 0 Å². The van der Waals surface area contributed by atoms with Crippen molar-refractivity contribution in [2.75, 3.05) is 0 Å². The Morgan fingerprint density at radius 3 is 1.62 bits per heavy atom. The Labute approximate surface area is 131 Å². The Morgan fingerprint density at radius 2 is 1.25 bits per heavy atom. The summed E-state index contributed by atoms with van der Waals surface area (Å²) in [5, 5.41) is 41.3. The van der Waals surface area contributed by atoms with E-state index in [9.17, 15) is 30.3 Å². The molecule has 0 bridgehead atoms. The van der Waals surface area contributed by atoms with E-state index in [2.05, 4.69) is 10.2 Å². The third-order valence-electron chi connectivity index (χ3n) is 3.15. The van der Waals surface area contributed by atoms with Crippen LogP contribution in [0.2, 0.25) is 0 Å². The van der Waals surface area contributed by atoms with Gasteiger partial charge in [-0.15, -0.1) is 15.0 Å². The maximum Gasteiger partial charge on any atom is 0.310 e. The molecule has 12 heteroatoms. The minimum absolute atomic E-state index is 0.361. The number of nitro benzene ring substituents is 3. The highest BCUT2D eigenvalue weighted by molar-refractivity contribution is 5.75. The van der Waals surface area contributed by atoms with Crippen LogP contribution in [0.1, 0.15) is 0 Å². The quantitative estimate of drug-likeness (QED) is 0.519. The van der Waals surface area contributed by atoms with Crippen LogP contribution in [-0.4, -0.2) is 29.8 Å². The fourth-order valence-electron chi connectivity index (χ4n) is 2.14. The van der Waals surface area contributed by atoms with Gasteiger partial charge in [0.05, 0.1) is 26.9 Å². The number of fused-ring (bicyclic) bond motifs is 1. The first-order chi connectivity index (χ1) is 11.4. The summed E-state index contributed by atoms with van der Waals surface area (Å²) in [4.78, 5) is 31.2. The molecule has 0 saturated carbocycles. The molecule has 120 valence electrons. The molecule has 3 aromatic rings. The zero-order valence-electron chi connectivity index (χ0n) is 11.6. The summed E-state index contributed by atoms with van der Waals surface area (Å²) in [5.41, 5.74) is -2.27. The van der Waals surface area contributed by atoms with Crippen LogP contribution in [0, 0.1) is 30.3 Å². The molecule has 24 heavy (non-hydrogen) atoms. The number of aromatic nitrogens is 3. The summed E-state index contributed by atoms with van der Waals surface area (Å²) in [6.07, 6.45) is 0. The van der Waals surface area contributed by atoms with Crippen LogP contribution in [0.4, 0.5) is 17.1 Å². The van der Waals surface area contributed by atoms with E-state index in [1.165, 1.54) is 0 Å². The van der Waals surface area contributed by atoms with Crippen LogP contribution in [-0.2, 0) is 0 Å². The molecule has 0 unspecified atom stereocenters. The van der Waals surface area contributed by atoms with Crippen molar-refractivity contribution in [2.24, 2.45) is 0 Å². The van der Waals surface area contributed by atoms with Crippen LogP contribution in [0.5, 0.6) is 0 Å². The topological polar surface area (TPSA) is 160 Å². The van der Waals surface area contributed by atoms with Crippen LogP contribution in [0.25, 0.3) is 16.7 Å².